The molecule has 1 atom stereocenters. The number of aliphatic hydroxyl groups excluding tert-OH is 1. The number of aromatic nitrogens is 1. The highest BCUT2D eigenvalue weighted by Crippen LogP contribution is 2.15. The molecule has 1 aromatic heterocycles. The minimum Gasteiger partial charge on any atom is -0.497 e. The molecular formula is C18H25N3O3. The first-order valence-corrected chi connectivity index (χ1v) is 8.04. The molecule has 6 heteroatoms. The van der Waals surface area contributed by atoms with E-state index in [2.05, 4.69) is 10.6 Å². The van der Waals surface area contributed by atoms with Crippen LogP contribution < -0.4 is 15.4 Å². The lowest BCUT2D eigenvalue weighted by Gasteiger charge is -2.13. The SMILES string of the molecule is COc1ccc(CCNC(=O)NCCC(O)c2cccn2C)cc1. The summed E-state index contributed by atoms with van der Waals surface area (Å²) in [5, 5.41) is 15.6. The molecule has 0 spiro atoms. The van der Waals surface area contributed by atoms with Crippen molar-refractivity contribution < 1.29 is 14.6 Å². The molecule has 0 aliphatic heterocycles. The lowest BCUT2D eigenvalue weighted by Crippen LogP contribution is -2.37. The summed E-state index contributed by atoms with van der Waals surface area (Å²) in [5.41, 5.74) is 1.98. The van der Waals surface area contributed by atoms with Crippen molar-refractivity contribution in [2.24, 2.45) is 7.05 Å². The fourth-order valence-corrected chi connectivity index (χ4v) is 2.47. The minimum atomic E-state index is -0.579. The van der Waals surface area contributed by atoms with Crippen LogP contribution in [0.15, 0.2) is 42.6 Å². The van der Waals surface area contributed by atoms with Crippen molar-refractivity contribution in [1.82, 2.24) is 15.2 Å². The molecular weight excluding hydrogens is 306 g/mol. The number of benzene rings is 1. The second kappa shape index (κ2) is 8.98. The van der Waals surface area contributed by atoms with E-state index in [0.717, 1.165) is 23.4 Å². The molecule has 0 radical (unpaired) electrons. The summed E-state index contributed by atoms with van der Waals surface area (Å²) in [7, 11) is 3.52. The van der Waals surface area contributed by atoms with E-state index >= 15 is 0 Å². The summed E-state index contributed by atoms with van der Waals surface area (Å²) < 4.78 is 6.98. The summed E-state index contributed by atoms with van der Waals surface area (Å²) in [6, 6.07) is 11.3. The van der Waals surface area contributed by atoms with Gasteiger partial charge in [-0.1, -0.05) is 12.1 Å². The van der Waals surface area contributed by atoms with Crippen LogP contribution >= 0.6 is 0 Å². The van der Waals surface area contributed by atoms with Crippen LogP contribution in [0.4, 0.5) is 4.79 Å². The number of nitrogens with zero attached hydrogens (tertiary/aromatic N) is 1. The number of carbonyl (C=O) groups excluding carboxylic acids is 1. The van der Waals surface area contributed by atoms with Crippen molar-refractivity contribution in [1.29, 1.82) is 0 Å². The molecule has 0 aliphatic carbocycles. The van der Waals surface area contributed by atoms with E-state index in [0.29, 0.717) is 19.5 Å². The van der Waals surface area contributed by atoms with Gasteiger partial charge in [0.05, 0.1) is 13.2 Å². The standard InChI is InChI=1S/C18H25N3O3/c1-21-13-3-4-16(21)17(22)10-12-20-18(23)19-11-9-14-5-7-15(24-2)8-6-14/h3-8,13,17,22H,9-12H2,1-2H3,(H2,19,20,23). The number of amides is 2. The summed E-state index contributed by atoms with van der Waals surface area (Å²) >= 11 is 0. The van der Waals surface area contributed by atoms with Crippen LogP contribution in [-0.4, -0.2) is 35.9 Å². The van der Waals surface area contributed by atoms with Crippen molar-refractivity contribution in [3.05, 3.63) is 53.9 Å². The third kappa shape index (κ3) is 5.31. The molecule has 2 amide bonds. The second-order valence-corrected chi connectivity index (χ2v) is 5.63. The number of hydrogen-bond acceptors (Lipinski definition) is 3. The highest BCUT2D eigenvalue weighted by Gasteiger charge is 2.10. The summed E-state index contributed by atoms with van der Waals surface area (Å²) in [5.74, 6) is 0.821. The topological polar surface area (TPSA) is 75.5 Å². The summed E-state index contributed by atoms with van der Waals surface area (Å²) in [6.07, 6.45) is 2.54. The molecule has 0 bridgehead atoms. The van der Waals surface area contributed by atoms with E-state index < -0.39 is 6.10 Å². The first-order valence-electron chi connectivity index (χ1n) is 8.04. The molecule has 6 nitrogen and oxygen atoms in total. The fourth-order valence-electron chi connectivity index (χ4n) is 2.47. The maximum absolute atomic E-state index is 11.7. The Hall–Kier alpha value is -2.47. The maximum atomic E-state index is 11.7. The Kier molecular flexibility index (Phi) is 6.69. The molecule has 1 unspecified atom stereocenters. The minimum absolute atomic E-state index is 0.220. The van der Waals surface area contributed by atoms with Gasteiger partial charge < -0.3 is 25.0 Å². The molecule has 0 fully saturated rings. The van der Waals surface area contributed by atoms with Crippen LogP contribution in [0.25, 0.3) is 0 Å². The number of hydrogen-bond donors (Lipinski definition) is 3. The quantitative estimate of drug-likeness (QED) is 0.692. The monoisotopic (exact) mass is 331 g/mol. The van der Waals surface area contributed by atoms with Gasteiger partial charge in [0.25, 0.3) is 0 Å². The summed E-state index contributed by atoms with van der Waals surface area (Å²) in [6.45, 7) is 0.971. The first kappa shape index (κ1) is 17.9. The van der Waals surface area contributed by atoms with Gasteiger partial charge in [0, 0.05) is 32.0 Å². The molecule has 2 rings (SSSR count). The van der Waals surface area contributed by atoms with E-state index in [1.54, 1.807) is 7.11 Å². The number of urea groups is 1. The maximum Gasteiger partial charge on any atom is 0.314 e. The van der Waals surface area contributed by atoms with Crippen molar-refractivity contribution in [3.8, 4) is 5.75 Å². The lowest BCUT2D eigenvalue weighted by molar-refractivity contribution is 0.159. The van der Waals surface area contributed by atoms with Gasteiger partial charge in [-0.05, 0) is 42.7 Å². The molecule has 0 saturated heterocycles. The van der Waals surface area contributed by atoms with Crippen molar-refractivity contribution in [2.75, 3.05) is 20.2 Å². The number of aryl methyl sites for hydroxylation is 1. The molecule has 130 valence electrons. The fraction of sp³-hybridized carbons (Fsp3) is 0.389. The Morgan fingerprint density at radius 2 is 1.92 bits per heavy atom. The number of methoxy groups -OCH3 is 1. The van der Waals surface area contributed by atoms with Crippen LogP contribution in [0.5, 0.6) is 5.75 Å². The van der Waals surface area contributed by atoms with Crippen LogP contribution in [0, 0.1) is 0 Å². The van der Waals surface area contributed by atoms with Crippen molar-refractivity contribution in [3.63, 3.8) is 0 Å². The number of rotatable bonds is 8. The van der Waals surface area contributed by atoms with E-state index in [4.69, 9.17) is 4.74 Å². The van der Waals surface area contributed by atoms with Crippen molar-refractivity contribution >= 4 is 6.03 Å². The molecule has 1 heterocycles. The van der Waals surface area contributed by atoms with Crippen LogP contribution in [0.2, 0.25) is 0 Å². The van der Waals surface area contributed by atoms with Gasteiger partial charge in [-0.15, -0.1) is 0 Å². The Bertz CT molecular complexity index is 637. The smallest absolute Gasteiger partial charge is 0.314 e. The van der Waals surface area contributed by atoms with Crippen molar-refractivity contribution in [2.45, 2.75) is 18.9 Å². The third-order valence-corrected chi connectivity index (χ3v) is 3.89. The summed E-state index contributed by atoms with van der Waals surface area (Å²) in [4.78, 5) is 11.7. The Morgan fingerprint density at radius 3 is 2.54 bits per heavy atom. The van der Waals surface area contributed by atoms with Gasteiger partial charge in [0.2, 0.25) is 0 Å². The normalized spacial score (nSPS) is 11.8. The third-order valence-electron chi connectivity index (χ3n) is 3.89. The number of ether oxygens (including phenoxy) is 1. The Morgan fingerprint density at radius 1 is 1.21 bits per heavy atom. The average molecular weight is 331 g/mol. The van der Waals surface area contributed by atoms with Crippen LogP contribution in [0.1, 0.15) is 23.8 Å². The number of aliphatic hydroxyl groups is 1. The van der Waals surface area contributed by atoms with Gasteiger partial charge in [-0.3, -0.25) is 0 Å². The lowest BCUT2D eigenvalue weighted by atomic mass is 10.1. The van der Waals surface area contributed by atoms with E-state index in [9.17, 15) is 9.90 Å². The van der Waals surface area contributed by atoms with Gasteiger partial charge in [0.1, 0.15) is 5.75 Å². The van der Waals surface area contributed by atoms with Gasteiger partial charge in [0.15, 0.2) is 0 Å². The van der Waals surface area contributed by atoms with E-state index in [1.807, 2.05) is 54.2 Å². The zero-order valence-electron chi connectivity index (χ0n) is 14.2. The Labute approximate surface area is 142 Å². The second-order valence-electron chi connectivity index (χ2n) is 5.63. The van der Waals surface area contributed by atoms with E-state index in [1.165, 1.54) is 0 Å². The first-order chi connectivity index (χ1) is 11.6. The molecule has 1 aromatic carbocycles. The average Bonchev–Trinajstić information content (AvgIpc) is 3.01. The van der Waals surface area contributed by atoms with Gasteiger partial charge >= 0.3 is 6.03 Å². The molecule has 2 aromatic rings. The Balaban J connectivity index is 1.62. The molecule has 0 aliphatic rings. The zero-order chi connectivity index (χ0) is 17.4. The molecule has 3 N–H and O–H groups in total. The number of carbonyl (C=O) groups is 1. The molecule has 24 heavy (non-hydrogen) atoms. The van der Waals surface area contributed by atoms with Crippen LogP contribution in [-0.2, 0) is 13.5 Å². The largest absolute Gasteiger partial charge is 0.497 e. The predicted octanol–water partition coefficient (Wildman–Crippen LogP) is 2.00. The van der Waals surface area contributed by atoms with E-state index in [-0.39, 0.29) is 6.03 Å². The van der Waals surface area contributed by atoms with Crippen LogP contribution in [0.3, 0.4) is 0 Å². The van der Waals surface area contributed by atoms with Gasteiger partial charge in [-0.25, -0.2) is 4.79 Å². The van der Waals surface area contributed by atoms with Gasteiger partial charge in [-0.2, -0.15) is 0 Å². The predicted molar refractivity (Wildman–Crippen MR) is 93.1 cm³/mol. The molecule has 0 saturated carbocycles. The zero-order valence-corrected chi connectivity index (χ0v) is 14.2. The highest BCUT2D eigenvalue weighted by atomic mass is 16.5. The number of nitrogens with one attached hydrogen (secondary N) is 2. The highest BCUT2D eigenvalue weighted by molar-refractivity contribution is 5.73.